The van der Waals surface area contributed by atoms with E-state index >= 15 is 0 Å². The second-order valence-electron chi connectivity index (χ2n) is 3.29. The van der Waals surface area contributed by atoms with Crippen molar-refractivity contribution in [3.05, 3.63) is 24.8 Å². The molecule has 0 saturated carbocycles. The molecule has 0 aliphatic carbocycles. The van der Waals surface area contributed by atoms with Crippen LogP contribution >= 0.6 is 0 Å². The Balaban J connectivity index is 2.08. The number of carbonyl (C=O) groups is 1. The Labute approximate surface area is 89.5 Å². The highest BCUT2D eigenvalue weighted by molar-refractivity contribution is 5.87. The van der Waals surface area contributed by atoms with Crippen LogP contribution in [0, 0.1) is 0 Å². The molecule has 1 fully saturated rings. The van der Waals surface area contributed by atoms with Crippen LogP contribution in [-0.4, -0.2) is 38.5 Å². The van der Waals surface area contributed by atoms with E-state index in [1.807, 2.05) is 0 Å². The maximum Gasteiger partial charge on any atom is 0.335 e. The van der Waals surface area contributed by atoms with Gasteiger partial charge in [0.25, 0.3) is 0 Å². The first kappa shape index (κ1) is 11.9. The first-order valence-electron chi connectivity index (χ1n) is 4.89. The maximum absolute atomic E-state index is 11.3. The lowest BCUT2D eigenvalue weighted by atomic mass is 10.2. The summed E-state index contributed by atoms with van der Waals surface area (Å²) in [5.41, 5.74) is 0.316. The lowest BCUT2D eigenvalue weighted by Gasteiger charge is -2.25. The van der Waals surface area contributed by atoms with Gasteiger partial charge in [0.15, 0.2) is 0 Å². The van der Waals surface area contributed by atoms with Crippen molar-refractivity contribution in [2.24, 2.45) is 0 Å². The van der Waals surface area contributed by atoms with Crippen LogP contribution in [-0.2, 0) is 19.0 Å². The molecule has 4 nitrogen and oxygen atoms in total. The molecule has 1 unspecified atom stereocenters. The van der Waals surface area contributed by atoms with Crippen molar-refractivity contribution in [2.75, 3.05) is 26.4 Å². The molecule has 1 aliphatic rings. The van der Waals surface area contributed by atoms with Crippen molar-refractivity contribution < 1.29 is 19.0 Å². The molecule has 4 heteroatoms. The monoisotopic (exact) mass is 212 g/mol. The quantitative estimate of drug-likeness (QED) is 0.274. The summed E-state index contributed by atoms with van der Waals surface area (Å²) < 4.78 is 15.1. The van der Waals surface area contributed by atoms with E-state index in [1.165, 1.54) is 0 Å². The SMILES string of the molecule is C=CCOCC(=C)C(=O)OCC1CCO1. The molecule has 1 atom stereocenters. The Morgan fingerprint density at radius 3 is 2.87 bits per heavy atom. The van der Waals surface area contributed by atoms with Gasteiger partial charge in [-0.25, -0.2) is 4.79 Å². The second-order valence-corrected chi connectivity index (χ2v) is 3.29. The van der Waals surface area contributed by atoms with Crippen molar-refractivity contribution in [1.82, 2.24) is 0 Å². The van der Waals surface area contributed by atoms with Gasteiger partial charge in [-0.1, -0.05) is 12.7 Å². The summed E-state index contributed by atoms with van der Waals surface area (Å²) >= 11 is 0. The minimum atomic E-state index is -0.422. The maximum atomic E-state index is 11.3. The van der Waals surface area contributed by atoms with Gasteiger partial charge in [-0.05, 0) is 0 Å². The van der Waals surface area contributed by atoms with Gasteiger partial charge < -0.3 is 14.2 Å². The van der Waals surface area contributed by atoms with E-state index in [0.29, 0.717) is 18.8 Å². The summed E-state index contributed by atoms with van der Waals surface area (Å²) in [6.45, 7) is 8.71. The molecule has 0 radical (unpaired) electrons. The highest BCUT2D eigenvalue weighted by Crippen LogP contribution is 2.11. The Morgan fingerprint density at radius 1 is 1.60 bits per heavy atom. The standard InChI is InChI=1S/C11H16O4/c1-3-5-13-7-9(2)11(12)15-8-10-4-6-14-10/h3,10H,1-2,4-8H2. The van der Waals surface area contributed by atoms with Gasteiger partial charge in [0.05, 0.1) is 24.9 Å². The fraction of sp³-hybridized carbons (Fsp3) is 0.545. The van der Waals surface area contributed by atoms with Gasteiger partial charge in [0.2, 0.25) is 0 Å². The number of ether oxygens (including phenoxy) is 3. The molecule has 0 spiro atoms. The first-order valence-corrected chi connectivity index (χ1v) is 4.89. The Bertz CT molecular complexity index is 243. The smallest absolute Gasteiger partial charge is 0.335 e. The lowest BCUT2D eigenvalue weighted by molar-refractivity contribution is -0.150. The topological polar surface area (TPSA) is 44.8 Å². The molecule has 1 aliphatic heterocycles. The molecular formula is C11H16O4. The minimum Gasteiger partial charge on any atom is -0.460 e. The number of hydrogen-bond donors (Lipinski definition) is 0. The molecular weight excluding hydrogens is 196 g/mol. The van der Waals surface area contributed by atoms with Gasteiger partial charge in [0, 0.05) is 13.0 Å². The molecule has 0 aromatic heterocycles. The highest BCUT2D eigenvalue weighted by Gasteiger charge is 2.20. The van der Waals surface area contributed by atoms with Gasteiger partial charge in [-0.3, -0.25) is 0 Å². The van der Waals surface area contributed by atoms with Crippen molar-refractivity contribution in [2.45, 2.75) is 12.5 Å². The van der Waals surface area contributed by atoms with Crippen LogP contribution in [0.4, 0.5) is 0 Å². The van der Waals surface area contributed by atoms with E-state index in [0.717, 1.165) is 13.0 Å². The van der Waals surface area contributed by atoms with Crippen molar-refractivity contribution in [3.8, 4) is 0 Å². The third-order valence-corrected chi connectivity index (χ3v) is 1.99. The molecule has 0 bridgehead atoms. The molecule has 1 rings (SSSR count). The molecule has 1 saturated heterocycles. The third-order valence-electron chi connectivity index (χ3n) is 1.99. The number of rotatable bonds is 7. The fourth-order valence-corrected chi connectivity index (χ4v) is 1.01. The zero-order valence-electron chi connectivity index (χ0n) is 8.74. The Kier molecular flexibility index (Phi) is 5.07. The number of carbonyl (C=O) groups excluding carboxylic acids is 1. The average molecular weight is 212 g/mol. The summed E-state index contributed by atoms with van der Waals surface area (Å²) in [5, 5.41) is 0. The van der Waals surface area contributed by atoms with Crippen LogP contribution in [0.25, 0.3) is 0 Å². The second kappa shape index (κ2) is 6.37. The predicted molar refractivity (Wildman–Crippen MR) is 55.5 cm³/mol. The number of hydrogen-bond acceptors (Lipinski definition) is 4. The van der Waals surface area contributed by atoms with Gasteiger partial charge in [-0.2, -0.15) is 0 Å². The van der Waals surface area contributed by atoms with Gasteiger partial charge in [0.1, 0.15) is 6.61 Å². The summed E-state index contributed by atoms with van der Waals surface area (Å²) in [4.78, 5) is 11.3. The molecule has 1 heterocycles. The van der Waals surface area contributed by atoms with E-state index in [9.17, 15) is 4.79 Å². The Hall–Kier alpha value is -1.13. The molecule has 0 N–H and O–H groups in total. The van der Waals surface area contributed by atoms with Gasteiger partial charge >= 0.3 is 5.97 Å². The minimum absolute atomic E-state index is 0.0656. The van der Waals surface area contributed by atoms with Crippen LogP contribution in [0.15, 0.2) is 24.8 Å². The van der Waals surface area contributed by atoms with Crippen molar-refractivity contribution in [1.29, 1.82) is 0 Å². The van der Waals surface area contributed by atoms with Crippen molar-refractivity contribution in [3.63, 3.8) is 0 Å². The van der Waals surface area contributed by atoms with Crippen molar-refractivity contribution >= 4 is 5.97 Å². The van der Waals surface area contributed by atoms with E-state index < -0.39 is 5.97 Å². The zero-order chi connectivity index (χ0) is 11.1. The largest absolute Gasteiger partial charge is 0.460 e. The first-order chi connectivity index (χ1) is 7.24. The van der Waals surface area contributed by atoms with E-state index in [2.05, 4.69) is 13.2 Å². The molecule has 0 aromatic rings. The lowest BCUT2D eigenvalue weighted by Crippen LogP contribution is -2.32. The van der Waals surface area contributed by atoms with Crippen LogP contribution in [0.1, 0.15) is 6.42 Å². The van der Waals surface area contributed by atoms with Crippen LogP contribution in [0.3, 0.4) is 0 Å². The van der Waals surface area contributed by atoms with E-state index in [1.54, 1.807) is 6.08 Å². The van der Waals surface area contributed by atoms with Crippen LogP contribution < -0.4 is 0 Å². The predicted octanol–water partition coefficient (Wildman–Crippen LogP) is 1.08. The fourth-order valence-electron chi connectivity index (χ4n) is 1.01. The third kappa shape index (κ3) is 4.27. The molecule has 0 amide bonds. The summed E-state index contributed by atoms with van der Waals surface area (Å²) in [6, 6.07) is 0. The summed E-state index contributed by atoms with van der Waals surface area (Å²) in [7, 11) is 0. The zero-order valence-corrected chi connectivity index (χ0v) is 8.74. The number of esters is 1. The normalized spacial score (nSPS) is 19.1. The van der Waals surface area contributed by atoms with E-state index in [4.69, 9.17) is 14.2 Å². The van der Waals surface area contributed by atoms with E-state index in [-0.39, 0.29) is 12.7 Å². The average Bonchev–Trinajstić information content (AvgIpc) is 2.15. The highest BCUT2D eigenvalue weighted by atomic mass is 16.6. The Morgan fingerprint density at radius 2 is 2.33 bits per heavy atom. The van der Waals surface area contributed by atoms with Crippen LogP contribution in [0.2, 0.25) is 0 Å². The molecule has 84 valence electrons. The molecule has 0 aromatic carbocycles. The summed E-state index contributed by atoms with van der Waals surface area (Å²) in [5.74, 6) is -0.422. The summed E-state index contributed by atoms with van der Waals surface area (Å²) in [6.07, 6.45) is 2.63. The molecule has 15 heavy (non-hydrogen) atoms. The van der Waals surface area contributed by atoms with Gasteiger partial charge in [-0.15, -0.1) is 6.58 Å². The van der Waals surface area contributed by atoms with Crippen LogP contribution in [0.5, 0.6) is 0 Å².